The summed E-state index contributed by atoms with van der Waals surface area (Å²) in [5.74, 6) is 1.38. The van der Waals surface area contributed by atoms with E-state index in [0.29, 0.717) is 12.0 Å². The summed E-state index contributed by atoms with van der Waals surface area (Å²) >= 11 is 0. The van der Waals surface area contributed by atoms with Crippen molar-refractivity contribution in [3.63, 3.8) is 0 Å². The first-order valence-electron chi connectivity index (χ1n) is 7.02. The van der Waals surface area contributed by atoms with Crippen molar-refractivity contribution in [2.45, 2.75) is 51.1 Å². The third-order valence-corrected chi connectivity index (χ3v) is 4.17. The zero-order valence-electron chi connectivity index (χ0n) is 12.4. The summed E-state index contributed by atoms with van der Waals surface area (Å²) in [7, 11) is 1.70. The molecule has 19 heavy (non-hydrogen) atoms. The molecule has 0 spiro atoms. The van der Waals surface area contributed by atoms with Crippen molar-refractivity contribution in [1.29, 1.82) is 0 Å². The predicted octanol–water partition coefficient (Wildman–Crippen LogP) is 2.73. The van der Waals surface area contributed by atoms with Crippen molar-refractivity contribution in [3.8, 4) is 5.75 Å². The first kappa shape index (κ1) is 14.4. The molecule has 0 bridgehead atoms. The molecule has 106 valence electrons. The van der Waals surface area contributed by atoms with Gasteiger partial charge in [0.25, 0.3) is 0 Å². The van der Waals surface area contributed by atoms with Crippen LogP contribution in [0.25, 0.3) is 0 Å². The summed E-state index contributed by atoms with van der Waals surface area (Å²) in [5, 5.41) is 0. The fourth-order valence-corrected chi connectivity index (χ4v) is 2.72. The van der Waals surface area contributed by atoms with Gasteiger partial charge in [-0.1, -0.05) is 26.8 Å². The SMILES string of the molecule is COc1ccc(C(C)(C)C)cc1C(N)C1CC(N)C1. The van der Waals surface area contributed by atoms with E-state index in [9.17, 15) is 0 Å². The minimum Gasteiger partial charge on any atom is -0.496 e. The Hall–Kier alpha value is -1.06. The molecule has 1 fully saturated rings. The maximum Gasteiger partial charge on any atom is 0.123 e. The Morgan fingerprint density at radius 2 is 1.89 bits per heavy atom. The van der Waals surface area contributed by atoms with Crippen LogP contribution in [0.1, 0.15) is 50.8 Å². The third-order valence-electron chi connectivity index (χ3n) is 4.17. The Bertz CT molecular complexity index is 445. The first-order chi connectivity index (χ1) is 8.82. The van der Waals surface area contributed by atoms with Crippen molar-refractivity contribution in [3.05, 3.63) is 29.3 Å². The molecule has 3 nitrogen and oxygen atoms in total. The minimum atomic E-state index is 0.0250. The fraction of sp³-hybridized carbons (Fsp3) is 0.625. The lowest BCUT2D eigenvalue weighted by molar-refractivity contribution is 0.221. The summed E-state index contributed by atoms with van der Waals surface area (Å²) in [6.45, 7) is 6.64. The molecule has 1 saturated carbocycles. The lowest BCUT2D eigenvalue weighted by atomic mass is 9.73. The number of methoxy groups -OCH3 is 1. The van der Waals surface area contributed by atoms with E-state index >= 15 is 0 Å². The second-order valence-corrected chi connectivity index (χ2v) is 6.72. The highest BCUT2D eigenvalue weighted by molar-refractivity contribution is 5.42. The van der Waals surface area contributed by atoms with Crippen LogP contribution in [0.2, 0.25) is 0 Å². The van der Waals surface area contributed by atoms with Crippen LogP contribution < -0.4 is 16.2 Å². The highest BCUT2D eigenvalue weighted by Gasteiger charge is 2.33. The van der Waals surface area contributed by atoms with Gasteiger partial charge in [0.05, 0.1) is 7.11 Å². The second-order valence-electron chi connectivity index (χ2n) is 6.72. The van der Waals surface area contributed by atoms with Gasteiger partial charge < -0.3 is 16.2 Å². The Labute approximate surface area is 116 Å². The van der Waals surface area contributed by atoms with E-state index < -0.39 is 0 Å². The average molecular weight is 262 g/mol. The van der Waals surface area contributed by atoms with E-state index in [2.05, 4.69) is 32.9 Å². The van der Waals surface area contributed by atoms with E-state index in [1.54, 1.807) is 7.11 Å². The van der Waals surface area contributed by atoms with E-state index in [4.69, 9.17) is 16.2 Å². The molecule has 0 heterocycles. The highest BCUT2D eigenvalue weighted by atomic mass is 16.5. The topological polar surface area (TPSA) is 61.3 Å². The molecular formula is C16H26N2O. The van der Waals surface area contributed by atoms with Gasteiger partial charge in [-0.05, 0) is 41.9 Å². The van der Waals surface area contributed by atoms with Crippen LogP contribution in [0, 0.1) is 5.92 Å². The number of nitrogens with two attached hydrogens (primary N) is 2. The monoisotopic (exact) mass is 262 g/mol. The van der Waals surface area contributed by atoms with Crippen molar-refractivity contribution >= 4 is 0 Å². The van der Waals surface area contributed by atoms with Gasteiger partial charge in [-0.2, -0.15) is 0 Å². The van der Waals surface area contributed by atoms with Crippen LogP contribution in [-0.2, 0) is 5.41 Å². The van der Waals surface area contributed by atoms with Crippen molar-refractivity contribution in [1.82, 2.24) is 0 Å². The number of hydrogen-bond donors (Lipinski definition) is 2. The Kier molecular flexibility index (Phi) is 3.88. The zero-order chi connectivity index (χ0) is 14.2. The minimum absolute atomic E-state index is 0.0250. The van der Waals surface area contributed by atoms with Crippen molar-refractivity contribution in [2.24, 2.45) is 17.4 Å². The molecule has 1 atom stereocenters. The number of benzene rings is 1. The van der Waals surface area contributed by atoms with Crippen molar-refractivity contribution < 1.29 is 4.74 Å². The summed E-state index contributed by atoms with van der Waals surface area (Å²) in [4.78, 5) is 0. The van der Waals surface area contributed by atoms with Gasteiger partial charge in [-0.3, -0.25) is 0 Å². The standard InChI is InChI=1S/C16H26N2O/c1-16(2,3)11-5-6-14(19-4)13(9-11)15(18)10-7-12(17)8-10/h5-6,9-10,12,15H,7-8,17-18H2,1-4H3. The van der Waals surface area contributed by atoms with Crippen LogP contribution in [0.15, 0.2) is 18.2 Å². The maximum atomic E-state index is 6.42. The largest absolute Gasteiger partial charge is 0.496 e. The Morgan fingerprint density at radius 1 is 1.26 bits per heavy atom. The third kappa shape index (κ3) is 2.93. The summed E-state index contributed by atoms with van der Waals surface area (Å²) in [6, 6.07) is 6.72. The summed E-state index contributed by atoms with van der Waals surface area (Å²) in [6.07, 6.45) is 2.04. The molecule has 1 aromatic carbocycles. The Balaban J connectivity index is 2.31. The predicted molar refractivity (Wildman–Crippen MR) is 79.3 cm³/mol. The zero-order valence-corrected chi connectivity index (χ0v) is 12.4. The van der Waals surface area contributed by atoms with Gasteiger partial charge in [-0.15, -0.1) is 0 Å². The quantitative estimate of drug-likeness (QED) is 0.880. The van der Waals surface area contributed by atoms with Crippen LogP contribution >= 0.6 is 0 Å². The van der Waals surface area contributed by atoms with Gasteiger partial charge >= 0.3 is 0 Å². The molecule has 0 aromatic heterocycles. The summed E-state index contributed by atoms with van der Waals surface area (Å²) in [5.41, 5.74) is 14.8. The lowest BCUT2D eigenvalue weighted by Gasteiger charge is -2.37. The second kappa shape index (κ2) is 5.14. The van der Waals surface area contributed by atoms with Crippen LogP contribution in [-0.4, -0.2) is 13.2 Å². The van der Waals surface area contributed by atoms with Crippen molar-refractivity contribution in [2.75, 3.05) is 7.11 Å². The number of rotatable bonds is 3. The molecule has 0 aliphatic heterocycles. The number of ether oxygens (including phenoxy) is 1. The van der Waals surface area contributed by atoms with Gasteiger partial charge in [0, 0.05) is 17.6 Å². The van der Waals surface area contributed by atoms with Crippen LogP contribution in [0.3, 0.4) is 0 Å². The molecule has 0 saturated heterocycles. The fourth-order valence-electron chi connectivity index (χ4n) is 2.72. The van der Waals surface area contributed by atoms with Gasteiger partial charge in [0.15, 0.2) is 0 Å². The van der Waals surface area contributed by atoms with Gasteiger partial charge in [0.1, 0.15) is 5.75 Å². The molecule has 0 amide bonds. The van der Waals surface area contributed by atoms with E-state index in [0.717, 1.165) is 24.2 Å². The molecule has 3 heteroatoms. The molecular weight excluding hydrogens is 236 g/mol. The molecule has 1 aliphatic carbocycles. The maximum absolute atomic E-state index is 6.42. The molecule has 0 radical (unpaired) electrons. The van der Waals surface area contributed by atoms with E-state index in [-0.39, 0.29) is 11.5 Å². The Morgan fingerprint density at radius 3 is 2.37 bits per heavy atom. The molecule has 2 rings (SSSR count). The van der Waals surface area contributed by atoms with E-state index in [1.165, 1.54) is 5.56 Å². The smallest absolute Gasteiger partial charge is 0.123 e. The molecule has 1 aromatic rings. The van der Waals surface area contributed by atoms with Gasteiger partial charge in [-0.25, -0.2) is 0 Å². The molecule has 4 N–H and O–H groups in total. The summed E-state index contributed by atoms with van der Waals surface area (Å²) < 4.78 is 5.47. The van der Waals surface area contributed by atoms with Crippen LogP contribution in [0.5, 0.6) is 5.75 Å². The first-order valence-corrected chi connectivity index (χ1v) is 7.02. The molecule has 1 unspecified atom stereocenters. The molecule has 1 aliphatic rings. The van der Waals surface area contributed by atoms with E-state index in [1.807, 2.05) is 6.07 Å². The highest BCUT2D eigenvalue weighted by Crippen LogP contribution is 2.40. The normalized spacial score (nSPS) is 24.7. The number of hydrogen-bond acceptors (Lipinski definition) is 3. The van der Waals surface area contributed by atoms with Crippen LogP contribution in [0.4, 0.5) is 0 Å². The lowest BCUT2D eigenvalue weighted by Crippen LogP contribution is -2.41. The van der Waals surface area contributed by atoms with Gasteiger partial charge in [0.2, 0.25) is 0 Å². The average Bonchev–Trinajstić information content (AvgIpc) is 2.32.